The van der Waals surface area contributed by atoms with Crippen LogP contribution in [0.25, 0.3) is 0 Å². The van der Waals surface area contributed by atoms with Gasteiger partial charge in [0.25, 0.3) is 0 Å². The van der Waals surface area contributed by atoms with Gasteiger partial charge in [0.2, 0.25) is 11.8 Å². The fourth-order valence-corrected chi connectivity index (χ4v) is 3.86. The molecule has 1 aliphatic heterocycles. The smallest absolute Gasteiger partial charge is 0.238 e. The highest BCUT2D eigenvalue weighted by molar-refractivity contribution is 6.22. The topological polar surface area (TPSA) is 63.7 Å². The Hall–Kier alpha value is -3.21. The molecule has 0 bridgehead atoms. The third-order valence-corrected chi connectivity index (χ3v) is 5.36. The molecule has 2 amide bonds. The number of ketones is 1. The standard InChI is InChI=1S/C23H21NO4/c1-15-10-11-19-20(12-15)23(27)24(22(19)26)17-8-5-9-18(13-17)28-14-21(25)16-6-3-2-4-7-16/h2-10,13,19-20H,11-12,14H2,1H3/t19-,20+/m0/s1. The number of anilines is 1. The summed E-state index contributed by atoms with van der Waals surface area (Å²) >= 11 is 0. The first-order valence-corrected chi connectivity index (χ1v) is 9.39. The first-order valence-electron chi connectivity index (χ1n) is 9.39. The van der Waals surface area contributed by atoms with E-state index in [0.717, 1.165) is 5.57 Å². The first-order chi connectivity index (χ1) is 13.5. The van der Waals surface area contributed by atoms with Gasteiger partial charge in [-0.2, -0.15) is 0 Å². The predicted octanol–water partition coefficient (Wildman–Crippen LogP) is 3.79. The SMILES string of the molecule is CC1=CC[C@@H]2C(=O)N(c3cccc(OCC(=O)c4ccccc4)c3)C(=O)[C@@H]2C1. The van der Waals surface area contributed by atoms with Gasteiger partial charge in [0.15, 0.2) is 12.4 Å². The van der Waals surface area contributed by atoms with E-state index < -0.39 is 0 Å². The molecule has 0 N–H and O–H groups in total. The largest absolute Gasteiger partial charge is 0.485 e. The number of fused-ring (bicyclic) bond motifs is 1. The molecule has 1 saturated heterocycles. The van der Waals surface area contributed by atoms with Crippen molar-refractivity contribution >= 4 is 23.3 Å². The number of imide groups is 1. The van der Waals surface area contributed by atoms with Crippen LogP contribution >= 0.6 is 0 Å². The molecule has 2 aliphatic rings. The van der Waals surface area contributed by atoms with E-state index in [1.807, 2.05) is 19.1 Å². The van der Waals surface area contributed by atoms with Crippen LogP contribution in [-0.2, 0) is 9.59 Å². The highest BCUT2D eigenvalue weighted by Crippen LogP contribution is 2.40. The van der Waals surface area contributed by atoms with Crippen molar-refractivity contribution in [2.24, 2.45) is 11.8 Å². The molecule has 2 atom stereocenters. The van der Waals surface area contributed by atoms with Gasteiger partial charge in [0, 0.05) is 11.6 Å². The van der Waals surface area contributed by atoms with Crippen molar-refractivity contribution in [2.45, 2.75) is 19.8 Å². The van der Waals surface area contributed by atoms with E-state index in [4.69, 9.17) is 4.74 Å². The van der Waals surface area contributed by atoms with Crippen LogP contribution in [0.4, 0.5) is 5.69 Å². The molecule has 4 rings (SSSR count). The zero-order valence-corrected chi connectivity index (χ0v) is 15.6. The summed E-state index contributed by atoms with van der Waals surface area (Å²) in [6.07, 6.45) is 3.29. The van der Waals surface area contributed by atoms with Crippen LogP contribution in [-0.4, -0.2) is 24.2 Å². The molecule has 0 unspecified atom stereocenters. The number of amides is 2. The quantitative estimate of drug-likeness (QED) is 0.453. The summed E-state index contributed by atoms with van der Waals surface area (Å²) in [6.45, 7) is 1.89. The molecular formula is C23H21NO4. The molecule has 28 heavy (non-hydrogen) atoms. The number of Topliss-reactive ketones (excluding diaryl/α,β-unsaturated/α-hetero) is 1. The Morgan fingerprint density at radius 3 is 2.57 bits per heavy atom. The summed E-state index contributed by atoms with van der Waals surface area (Å²) in [7, 11) is 0. The second kappa shape index (κ2) is 7.43. The van der Waals surface area contributed by atoms with E-state index in [9.17, 15) is 14.4 Å². The Balaban J connectivity index is 1.49. The fraction of sp³-hybridized carbons (Fsp3) is 0.261. The number of hydrogen-bond acceptors (Lipinski definition) is 4. The number of ether oxygens (including phenoxy) is 1. The van der Waals surface area contributed by atoms with Crippen LogP contribution in [0.2, 0.25) is 0 Å². The maximum Gasteiger partial charge on any atom is 0.238 e. The highest BCUT2D eigenvalue weighted by Gasteiger charge is 2.48. The zero-order chi connectivity index (χ0) is 19.7. The minimum absolute atomic E-state index is 0.107. The molecule has 1 fully saturated rings. The maximum absolute atomic E-state index is 12.8. The van der Waals surface area contributed by atoms with Crippen LogP contribution in [0.1, 0.15) is 30.1 Å². The lowest BCUT2D eigenvalue weighted by Gasteiger charge is -2.18. The summed E-state index contributed by atoms with van der Waals surface area (Å²) in [5.41, 5.74) is 2.22. The van der Waals surface area contributed by atoms with E-state index in [2.05, 4.69) is 0 Å². The van der Waals surface area contributed by atoms with Gasteiger partial charge in [-0.05, 0) is 31.9 Å². The lowest BCUT2D eigenvalue weighted by atomic mass is 9.82. The summed E-state index contributed by atoms with van der Waals surface area (Å²) in [6, 6.07) is 15.7. The molecule has 5 nitrogen and oxygen atoms in total. The van der Waals surface area contributed by atoms with Gasteiger partial charge in [0.05, 0.1) is 17.5 Å². The van der Waals surface area contributed by atoms with E-state index in [1.165, 1.54) is 4.90 Å². The lowest BCUT2D eigenvalue weighted by molar-refractivity contribution is -0.122. The van der Waals surface area contributed by atoms with Crippen LogP contribution in [0.15, 0.2) is 66.2 Å². The number of rotatable bonds is 5. The van der Waals surface area contributed by atoms with Crippen molar-refractivity contribution < 1.29 is 19.1 Å². The molecule has 1 heterocycles. The Labute approximate surface area is 163 Å². The monoisotopic (exact) mass is 375 g/mol. The van der Waals surface area contributed by atoms with Crippen molar-refractivity contribution in [3.8, 4) is 5.75 Å². The third kappa shape index (κ3) is 3.36. The third-order valence-electron chi connectivity index (χ3n) is 5.36. The van der Waals surface area contributed by atoms with Crippen LogP contribution < -0.4 is 9.64 Å². The van der Waals surface area contributed by atoms with Gasteiger partial charge in [-0.15, -0.1) is 0 Å². The fourth-order valence-electron chi connectivity index (χ4n) is 3.86. The Bertz CT molecular complexity index is 964. The number of hydrogen-bond donors (Lipinski definition) is 0. The van der Waals surface area contributed by atoms with Crippen LogP contribution in [0.3, 0.4) is 0 Å². The minimum Gasteiger partial charge on any atom is -0.485 e. The molecule has 2 aromatic rings. The number of carbonyl (C=O) groups is 3. The van der Waals surface area contributed by atoms with E-state index in [-0.39, 0.29) is 36.0 Å². The van der Waals surface area contributed by atoms with Gasteiger partial charge < -0.3 is 4.74 Å². The summed E-state index contributed by atoms with van der Waals surface area (Å²) in [5, 5.41) is 0. The van der Waals surface area contributed by atoms with Crippen molar-refractivity contribution in [1.29, 1.82) is 0 Å². The van der Waals surface area contributed by atoms with Gasteiger partial charge in [-0.3, -0.25) is 14.4 Å². The van der Waals surface area contributed by atoms with Crippen molar-refractivity contribution in [2.75, 3.05) is 11.5 Å². The first kappa shape index (κ1) is 18.2. The zero-order valence-electron chi connectivity index (χ0n) is 15.6. The van der Waals surface area contributed by atoms with Gasteiger partial charge in [-0.1, -0.05) is 48.0 Å². The minimum atomic E-state index is -0.277. The van der Waals surface area contributed by atoms with Crippen molar-refractivity contribution in [3.63, 3.8) is 0 Å². The van der Waals surface area contributed by atoms with Crippen LogP contribution in [0.5, 0.6) is 5.75 Å². The maximum atomic E-state index is 12.8. The molecule has 0 saturated carbocycles. The average molecular weight is 375 g/mol. The molecule has 142 valence electrons. The molecule has 1 aliphatic carbocycles. The van der Waals surface area contributed by atoms with E-state index in [1.54, 1.807) is 48.5 Å². The number of allylic oxidation sites excluding steroid dienone is 2. The number of carbonyl (C=O) groups excluding carboxylic acids is 3. The molecular weight excluding hydrogens is 354 g/mol. The second-order valence-electron chi connectivity index (χ2n) is 7.29. The predicted molar refractivity (Wildman–Crippen MR) is 105 cm³/mol. The molecule has 2 aromatic carbocycles. The molecule has 0 aromatic heterocycles. The average Bonchev–Trinajstić information content (AvgIpc) is 2.96. The normalized spacial score (nSPS) is 21.3. The Kier molecular flexibility index (Phi) is 4.82. The molecule has 0 spiro atoms. The van der Waals surface area contributed by atoms with Crippen molar-refractivity contribution in [3.05, 3.63) is 71.8 Å². The van der Waals surface area contributed by atoms with E-state index >= 15 is 0 Å². The summed E-state index contributed by atoms with van der Waals surface area (Å²) in [4.78, 5) is 39.1. The number of nitrogens with zero attached hydrogens (tertiary/aromatic N) is 1. The van der Waals surface area contributed by atoms with Gasteiger partial charge in [0.1, 0.15) is 5.75 Å². The van der Waals surface area contributed by atoms with Gasteiger partial charge >= 0.3 is 0 Å². The summed E-state index contributed by atoms with van der Waals surface area (Å²) < 4.78 is 5.62. The van der Waals surface area contributed by atoms with Crippen LogP contribution in [0, 0.1) is 11.8 Å². The Morgan fingerprint density at radius 2 is 1.79 bits per heavy atom. The lowest BCUT2D eigenvalue weighted by Crippen LogP contribution is -2.30. The summed E-state index contributed by atoms with van der Waals surface area (Å²) in [5.74, 6) is -0.545. The molecule has 0 radical (unpaired) electrons. The highest BCUT2D eigenvalue weighted by atomic mass is 16.5. The van der Waals surface area contributed by atoms with Gasteiger partial charge in [-0.25, -0.2) is 4.90 Å². The number of benzene rings is 2. The van der Waals surface area contributed by atoms with Crippen molar-refractivity contribution in [1.82, 2.24) is 0 Å². The van der Waals surface area contributed by atoms with E-state index in [0.29, 0.717) is 29.8 Å². The second-order valence-corrected chi connectivity index (χ2v) is 7.29. The molecule has 5 heteroatoms. The Morgan fingerprint density at radius 1 is 1.04 bits per heavy atom.